The highest BCUT2D eigenvalue weighted by atomic mass is 31.2. The van der Waals surface area contributed by atoms with Gasteiger partial charge in [-0.3, -0.25) is 4.57 Å². The lowest BCUT2D eigenvalue weighted by molar-refractivity contribution is 0.493. The lowest BCUT2D eigenvalue weighted by Gasteiger charge is -2.17. The van der Waals surface area contributed by atoms with Crippen molar-refractivity contribution in [2.45, 2.75) is 0 Å². The topological polar surface area (TPSA) is 38.3 Å². The predicted octanol–water partition coefficient (Wildman–Crippen LogP) is 4.14. The van der Waals surface area contributed by atoms with Crippen LogP contribution < -0.4 is 9.61 Å². The monoisotopic (exact) mass is 265 g/mol. The fourth-order valence-corrected chi connectivity index (χ4v) is 2.66. The fourth-order valence-electron chi connectivity index (χ4n) is 1.48. The Morgan fingerprint density at radius 3 is 2.33 bits per heavy atom. The summed E-state index contributed by atoms with van der Waals surface area (Å²) >= 11 is 0. The summed E-state index contributed by atoms with van der Waals surface area (Å²) < 4.78 is 31.0. The first-order chi connectivity index (χ1) is 8.57. The maximum atomic E-state index is 13.4. The molecular formula is C13H13FNO2P. The Hall–Kier alpha value is -1.80. The molecule has 0 unspecified atom stereocenters. The molecule has 0 fully saturated rings. The Labute approximate surface area is 105 Å². The molecule has 3 nitrogen and oxygen atoms in total. The molecule has 0 saturated heterocycles. The van der Waals surface area contributed by atoms with Gasteiger partial charge in [0.15, 0.2) is 0 Å². The summed E-state index contributed by atoms with van der Waals surface area (Å²) in [6, 6.07) is 14.8. The summed E-state index contributed by atoms with van der Waals surface area (Å²) in [6.07, 6.45) is 0. The lowest BCUT2D eigenvalue weighted by Crippen LogP contribution is -2.03. The minimum Gasteiger partial charge on any atom is -0.429 e. The number of anilines is 1. The Kier molecular flexibility index (Phi) is 3.68. The van der Waals surface area contributed by atoms with Gasteiger partial charge in [0.25, 0.3) is 0 Å². The van der Waals surface area contributed by atoms with Crippen LogP contribution in [0.2, 0.25) is 0 Å². The number of hydrogen-bond acceptors (Lipinski definition) is 2. The number of nitrogens with one attached hydrogen (secondary N) is 1. The zero-order valence-corrected chi connectivity index (χ0v) is 10.7. The van der Waals surface area contributed by atoms with Crippen LogP contribution in [0, 0.1) is 5.82 Å². The Morgan fingerprint density at radius 1 is 1.06 bits per heavy atom. The summed E-state index contributed by atoms with van der Waals surface area (Å²) in [5.41, 5.74) is 0.166. The van der Waals surface area contributed by atoms with Crippen LogP contribution >= 0.6 is 7.52 Å². The minimum absolute atomic E-state index is 0.166. The predicted molar refractivity (Wildman–Crippen MR) is 70.6 cm³/mol. The van der Waals surface area contributed by atoms with Gasteiger partial charge in [0.2, 0.25) is 0 Å². The van der Waals surface area contributed by atoms with Crippen molar-refractivity contribution < 1.29 is 13.5 Å². The average molecular weight is 265 g/mol. The van der Waals surface area contributed by atoms with Crippen molar-refractivity contribution in [1.29, 1.82) is 0 Å². The average Bonchev–Trinajstić information content (AvgIpc) is 2.32. The van der Waals surface area contributed by atoms with Gasteiger partial charge < -0.3 is 9.61 Å². The van der Waals surface area contributed by atoms with Crippen molar-refractivity contribution in [3.05, 3.63) is 60.4 Å². The molecule has 5 heteroatoms. The van der Waals surface area contributed by atoms with Crippen molar-refractivity contribution in [3.63, 3.8) is 0 Å². The van der Waals surface area contributed by atoms with E-state index in [1.807, 2.05) is 6.07 Å². The molecule has 18 heavy (non-hydrogen) atoms. The minimum atomic E-state index is -3.15. The quantitative estimate of drug-likeness (QED) is 0.844. The van der Waals surface area contributed by atoms with E-state index in [9.17, 15) is 8.96 Å². The number of rotatable bonds is 4. The molecule has 0 radical (unpaired) electrons. The SMILES string of the molecule is C[P@](=O)(Nc1ccccc1F)Oc1ccccc1. The molecule has 2 rings (SSSR count). The summed E-state index contributed by atoms with van der Waals surface area (Å²) in [5.74, 6) is 0.0170. The van der Waals surface area contributed by atoms with E-state index < -0.39 is 13.3 Å². The molecule has 0 aliphatic heterocycles. The van der Waals surface area contributed by atoms with E-state index in [0.717, 1.165) is 0 Å². The summed E-state index contributed by atoms with van der Waals surface area (Å²) in [4.78, 5) is 0. The summed E-state index contributed by atoms with van der Waals surface area (Å²) in [6.45, 7) is 1.41. The second-order valence-electron chi connectivity index (χ2n) is 3.84. The molecule has 0 aliphatic rings. The fraction of sp³-hybridized carbons (Fsp3) is 0.0769. The van der Waals surface area contributed by atoms with Crippen molar-refractivity contribution in [2.24, 2.45) is 0 Å². The number of benzene rings is 2. The van der Waals surface area contributed by atoms with Crippen LogP contribution in [0.3, 0.4) is 0 Å². The molecule has 0 aromatic heterocycles. The standard InChI is InChI=1S/C13H13FNO2P/c1-18(16,17-11-7-3-2-4-8-11)15-13-10-6-5-9-12(13)14/h2-10H,1H3,(H,15,16)/t18-/m1/s1. The van der Waals surface area contributed by atoms with Gasteiger partial charge in [-0.2, -0.15) is 0 Å². The summed E-state index contributed by atoms with van der Waals surface area (Å²) in [7, 11) is -3.15. The number of halogens is 1. The molecule has 0 bridgehead atoms. The van der Waals surface area contributed by atoms with Crippen LogP contribution in [0.5, 0.6) is 5.75 Å². The molecule has 0 spiro atoms. The van der Waals surface area contributed by atoms with Crippen molar-refractivity contribution in [2.75, 3.05) is 11.8 Å². The first kappa shape index (κ1) is 12.7. The van der Waals surface area contributed by atoms with E-state index in [2.05, 4.69) is 5.09 Å². The van der Waals surface area contributed by atoms with E-state index in [1.165, 1.54) is 18.8 Å². The van der Waals surface area contributed by atoms with Crippen LogP contribution in [0.1, 0.15) is 0 Å². The maximum absolute atomic E-state index is 13.4. The first-order valence-electron chi connectivity index (χ1n) is 5.42. The highest BCUT2D eigenvalue weighted by molar-refractivity contribution is 7.60. The van der Waals surface area contributed by atoms with E-state index in [1.54, 1.807) is 36.4 Å². The highest BCUT2D eigenvalue weighted by Crippen LogP contribution is 2.43. The van der Waals surface area contributed by atoms with Gasteiger partial charge in [0.05, 0.1) is 5.69 Å². The smallest absolute Gasteiger partial charge is 0.338 e. The molecule has 0 saturated carbocycles. The lowest BCUT2D eigenvalue weighted by atomic mass is 10.3. The Bertz CT molecular complexity index is 574. The van der Waals surface area contributed by atoms with Gasteiger partial charge in [-0.1, -0.05) is 30.3 Å². The Balaban J connectivity index is 2.13. The molecule has 94 valence electrons. The van der Waals surface area contributed by atoms with Gasteiger partial charge in [-0.05, 0) is 24.3 Å². The zero-order chi connectivity index (χ0) is 13.0. The molecule has 2 aromatic carbocycles. The molecule has 0 amide bonds. The van der Waals surface area contributed by atoms with E-state index in [0.29, 0.717) is 5.75 Å². The van der Waals surface area contributed by atoms with Gasteiger partial charge in [-0.25, -0.2) is 4.39 Å². The van der Waals surface area contributed by atoms with Gasteiger partial charge in [-0.15, -0.1) is 0 Å². The molecular weight excluding hydrogens is 252 g/mol. The second-order valence-corrected chi connectivity index (χ2v) is 5.94. The van der Waals surface area contributed by atoms with Crippen LogP contribution in [0.15, 0.2) is 54.6 Å². The third-order valence-electron chi connectivity index (χ3n) is 2.22. The summed E-state index contributed by atoms with van der Waals surface area (Å²) in [5, 5.41) is 2.59. The highest BCUT2D eigenvalue weighted by Gasteiger charge is 2.18. The molecule has 1 atom stereocenters. The molecule has 0 heterocycles. The third-order valence-corrected chi connectivity index (χ3v) is 3.43. The normalized spacial score (nSPS) is 13.7. The van der Waals surface area contributed by atoms with Crippen LogP contribution in [-0.4, -0.2) is 6.66 Å². The van der Waals surface area contributed by atoms with Gasteiger partial charge in [0, 0.05) is 6.66 Å². The third kappa shape index (κ3) is 3.34. The van der Waals surface area contributed by atoms with E-state index >= 15 is 0 Å². The van der Waals surface area contributed by atoms with Crippen LogP contribution in [0.25, 0.3) is 0 Å². The van der Waals surface area contributed by atoms with Gasteiger partial charge >= 0.3 is 7.52 Å². The van der Waals surface area contributed by atoms with E-state index in [-0.39, 0.29) is 5.69 Å². The molecule has 1 N–H and O–H groups in total. The van der Waals surface area contributed by atoms with Gasteiger partial charge in [0.1, 0.15) is 11.6 Å². The first-order valence-corrected chi connectivity index (χ1v) is 7.49. The van der Waals surface area contributed by atoms with E-state index in [4.69, 9.17) is 4.52 Å². The van der Waals surface area contributed by atoms with Crippen LogP contribution in [-0.2, 0) is 4.57 Å². The van der Waals surface area contributed by atoms with Crippen LogP contribution in [0.4, 0.5) is 10.1 Å². The maximum Gasteiger partial charge on any atom is 0.338 e. The second kappa shape index (κ2) is 5.23. The largest absolute Gasteiger partial charge is 0.429 e. The number of hydrogen-bond donors (Lipinski definition) is 1. The molecule has 0 aliphatic carbocycles. The Morgan fingerprint density at radius 2 is 1.67 bits per heavy atom. The zero-order valence-electron chi connectivity index (χ0n) is 9.84. The van der Waals surface area contributed by atoms with Crippen molar-refractivity contribution in [3.8, 4) is 5.75 Å². The molecule has 2 aromatic rings. The van der Waals surface area contributed by atoms with Crippen molar-refractivity contribution >= 4 is 13.2 Å². The number of para-hydroxylation sites is 2. The van der Waals surface area contributed by atoms with Crippen molar-refractivity contribution in [1.82, 2.24) is 0 Å².